The normalized spacial score (nSPS) is 19.8. The highest BCUT2D eigenvalue weighted by Crippen LogP contribution is 2.63. The zero-order valence-electron chi connectivity index (χ0n) is 30.7. The molecule has 2 aromatic rings. The minimum atomic E-state index is -3.74. The van der Waals surface area contributed by atoms with Gasteiger partial charge in [-0.15, -0.1) is 0 Å². The van der Waals surface area contributed by atoms with E-state index in [-0.39, 0.29) is 51.7 Å². The summed E-state index contributed by atoms with van der Waals surface area (Å²) < 4.78 is 56.4. The van der Waals surface area contributed by atoms with Gasteiger partial charge >= 0.3 is 18.2 Å². The molecule has 0 aromatic heterocycles. The van der Waals surface area contributed by atoms with E-state index in [4.69, 9.17) is 23.5 Å². The Hall–Kier alpha value is -3.67. The first-order valence-electron chi connectivity index (χ1n) is 16.7. The summed E-state index contributed by atoms with van der Waals surface area (Å²) in [6.45, 7) is 12.2. The van der Waals surface area contributed by atoms with E-state index < -0.39 is 47.7 Å². The molecule has 14 heteroatoms. The number of carboxylic acid groups (broad SMARTS) is 1. The van der Waals surface area contributed by atoms with Gasteiger partial charge < -0.3 is 28.6 Å². The summed E-state index contributed by atoms with van der Waals surface area (Å²) in [6, 6.07) is 9.68. The number of ether oxygens (including phenoxy) is 4. The molecule has 50 heavy (non-hydrogen) atoms. The fourth-order valence-corrected chi connectivity index (χ4v) is 8.90. The number of unbranched alkanes of at least 4 members (excludes halogenated alkanes) is 1. The van der Waals surface area contributed by atoms with E-state index in [0.717, 1.165) is 10.5 Å². The van der Waals surface area contributed by atoms with Crippen molar-refractivity contribution in [2.75, 3.05) is 46.6 Å². The first-order chi connectivity index (χ1) is 23.3. The average Bonchev–Trinajstić information content (AvgIpc) is 3.01. The fraction of sp³-hybridized carbons (Fsp3) is 0.583. The summed E-state index contributed by atoms with van der Waals surface area (Å²) >= 11 is 0. The lowest BCUT2D eigenvalue weighted by Crippen LogP contribution is -2.54. The van der Waals surface area contributed by atoms with Crippen LogP contribution in [0.25, 0.3) is 11.1 Å². The maximum atomic E-state index is 14.6. The zero-order valence-corrected chi connectivity index (χ0v) is 31.6. The number of hydrogen-bond acceptors (Lipinski definition) is 10. The average molecular weight is 723 g/mol. The van der Waals surface area contributed by atoms with Gasteiger partial charge in [0.25, 0.3) is 0 Å². The number of aliphatic carboxylic acids is 1. The number of imide groups is 1. The molecule has 12 nitrogen and oxygen atoms in total. The Balaban J connectivity index is 1.89. The maximum Gasteiger partial charge on any atom is 0.419 e. The summed E-state index contributed by atoms with van der Waals surface area (Å²) in [5, 5.41) is 8.97. The van der Waals surface area contributed by atoms with Gasteiger partial charge in [-0.1, -0.05) is 12.1 Å². The van der Waals surface area contributed by atoms with Gasteiger partial charge in [-0.25, -0.2) is 18.9 Å². The Morgan fingerprint density at radius 2 is 1.56 bits per heavy atom. The van der Waals surface area contributed by atoms with Crippen molar-refractivity contribution in [2.45, 2.75) is 90.6 Å². The number of carbonyl (C=O) groups is 3. The zero-order chi connectivity index (χ0) is 37.5. The second kappa shape index (κ2) is 16.6. The number of amides is 2. The van der Waals surface area contributed by atoms with E-state index in [1.165, 1.54) is 26.4 Å². The van der Waals surface area contributed by atoms with E-state index in [2.05, 4.69) is 0 Å². The topological polar surface area (TPSA) is 141 Å². The number of methoxy groups -OCH3 is 2. The van der Waals surface area contributed by atoms with Crippen LogP contribution in [0, 0.1) is 5.82 Å². The molecular formula is C36H52FN2O10P. The molecule has 0 spiro atoms. The largest absolute Gasteiger partial charge is 0.493 e. The molecule has 0 saturated carbocycles. The van der Waals surface area contributed by atoms with Crippen molar-refractivity contribution in [3.8, 4) is 22.6 Å². The van der Waals surface area contributed by atoms with Crippen LogP contribution in [0.3, 0.4) is 0 Å². The summed E-state index contributed by atoms with van der Waals surface area (Å²) in [4.78, 5) is 41.9. The fourth-order valence-electron chi connectivity index (χ4n) is 5.92. The lowest BCUT2D eigenvalue weighted by atomic mass is 9.96. The standard InChI is InChI=1S/C36H52FN2O10P/c1-10-47-50(44)20-19-38(23-26-13-15-27(37)22-28(26)25-14-16-29(45-8)30(21-25)46-9)24-36(50,31(40)41)17-11-12-18-39(32(42)48-34(2,3)4)33(43)49-35(5,6)7/h13-16,21-22H,10-12,17-20,23-24H2,1-9H3,(H,40,41)/t36-,50?/m0/s1. The van der Waals surface area contributed by atoms with Gasteiger partial charge in [0, 0.05) is 32.3 Å². The number of carboxylic acids is 1. The second-order valence-corrected chi connectivity index (χ2v) is 17.2. The Labute approximate surface area is 294 Å². The molecular weight excluding hydrogens is 670 g/mol. The molecule has 0 aliphatic carbocycles. The van der Waals surface area contributed by atoms with Crippen molar-refractivity contribution >= 4 is 25.5 Å². The van der Waals surface area contributed by atoms with Crippen molar-refractivity contribution in [1.29, 1.82) is 0 Å². The molecule has 1 fully saturated rings. The number of hydrogen-bond donors (Lipinski definition) is 1. The first kappa shape index (κ1) is 40.8. The van der Waals surface area contributed by atoms with Gasteiger partial charge in [0.2, 0.25) is 7.37 Å². The summed E-state index contributed by atoms with van der Waals surface area (Å²) in [7, 11) is -0.703. The predicted molar refractivity (Wildman–Crippen MR) is 188 cm³/mol. The Morgan fingerprint density at radius 1 is 0.940 bits per heavy atom. The van der Waals surface area contributed by atoms with Gasteiger partial charge in [0.1, 0.15) is 17.0 Å². The van der Waals surface area contributed by atoms with E-state index >= 15 is 0 Å². The molecule has 0 radical (unpaired) electrons. The van der Waals surface area contributed by atoms with Crippen molar-refractivity contribution < 1.29 is 51.9 Å². The first-order valence-corrected chi connectivity index (χ1v) is 18.5. The Kier molecular flexibility index (Phi) is 13.5. The third-order valence-corrected chi connectivity index (χ3v) is 11.5. The third-order valence-electron chi connectivity index (χ3n) is 8.19. The van der Waals surface area contributed by atoms with Gasteiger partial charge in [-0.3, -0.25) is 14.3 Å². The minimum absolute atomic E-state index is 0.00195. The van der Waals surface area contributed by atoms with Crippen LogP contribution in [-0.2, 0) is 29.9 Å². The van der Waals surface area contributed by atoms with Crippen LogP contribution in [0.2, 0.25) is 0 Å². The molecule has 3 rings (SSSR count). The highest BCUT2D eigenvalue weighted by Gasteiger charge is 2.58. The van der Waals surface area contributed by atoms with E-state index in [0.29, 0.717) is 29.2 Å². The SMILES string of the molecule is CCOP1(=O)CCN(Cc2ccc(F)cc2-c2ccc(OC)c(OC)c2)C[C@@]1(CCCCN(C(=O)OC(C)(C)C)C(=O)OC(C)(C)C)C(=O)O. The molecule has 1 aliphatic rings. The lowest BCUT2D eigenvalue weighted by molar-refractivity contribution is -0.141. The molecule has 0 bridgehead atoms. The monoisotopic (exact) mass is 722 g/mol. The molecule has 1 heterocycles. The molecule has 2 atom stereocenters. The van der Waals surface area contributed by atoms with Crippen LogP contribution in [0.5, 0.6) is 11.5 Å². The van der Waals surface area contributed by atoms with Crippen LogP contribution in [0.1, 0.15) is 73.3 Å². The molecule has 1 aliphatic heterocycles. The number of rotatable bonds is 13. The quantitative estimate of drug-likeness (QED) is 0.160. The van der Waals surface area contributed by atoms with E-state index in [1.807, 2.05) is 4.90 Å². The number of carbonyl (C=O) groups excluding carboxylic acids is 2. The number of halogens is 1. The highest BCUT2D eigenvalue weighted by atomic mass is 31.2. The Bertz CT molecular complexity index is 1540. The maximum absolute atomic E-state index is 14.6. The molecule has 2 aromatic carbocycles. The van der Waals surface area contributed by atoms with Crippen molar-refractivity contribution in [3.63, 3.8) is 0 Å². The molecule has 1 saturated heterocycles. The van der Waals surface area contributed by atoms with Crippen LogP contribution >= 0.6 is 7.37 Å². The Morgan fingerprint density at radius 3 is 2.10 bits per heavy atom. The van der Waals surface area contributed by atoms with Crippen molar-refractivity contribution in [2.24, 2.45) is 0 Å². The van der Waals surface area contributed by atoms with Crippen LogP contribution in [0.4, 0.5) is 14.0 Å². The van der Waals surface area contributed by atoms with Gasteiger partial charge in [-0.05, 0) is 109 Å². The van der Waals surface area contributed by atoms with Gasteiger partial charge in [0.15, 0.2) is 16.7 Å². The lowest BCUT2D eigenvalue weighted by Gasteiger charge is -2.45. The van der Waals surface area contributed by atoms with E-state index in [9.17, 15) is 28.4 Å². The second-order valence-electron chi connectivity index (χ2n) is 14.3. The molecule has 2 amide bonds. The van der Waals surface area contributed by atoms with Crippen molar-refractivity contribution in [1.82, 2.24) is 9.80 Å². The molecule has 1 N–H and O–H groups in total. The number of nitrogens with zero attached hydrogens (tertiary/aromatic N) is 2. The third kappa shape index (κ3) is 10.2. The summed E-state index contributed by atoms with van der Waals surface area (Å²) in [6.07, 6.45) is -1.41. The smallest absolute Gasteiger partial charge is 0.419 e. The van der Waals surface area contributed by atoms with Crippen LogP contribution in [-0.4, -0.2) is 96.0 Å². The minimum Gasteiger partial charge on any atom is -0.493 e. The van der Waals surface area contributed by atoms with Crippen LogP contribution in [0.15, 0.2) is 36.4 Å². The van der Waals surface area contributed by atoms with E-state index in [1.54, 1.807) is 72.7 Å². The van der Waals surface area contributed by atoms with Crippen LogP contribution < -0.4 is 9.47 Å². The van der Waals surface area contributed by atoms with Gasteiger partial charge in [0.05, 0.1) is 20.8 Å². The highest BCUT2D eigenvalue weighted by molar-refractivity contribution is 7.62. The molecule has 278 valence electrons. The predicted octanol–water partition coefficient (Wildman–Crippen LogP) is 7.81. The number of benzene rings is 2. The molecule has 1 unspecified atom stereocenters. The van der Waals surface area contributed by atoms with Gasteiger partial charge in [-0.2, -0.15) is 0 Å². The van der Waals surface area contributed by atoms with Crippen molar-refractivity contribution in [3.05, 3.63) is 47.8 Å². The summed E-state index contributed by atoms with van der Waals surface area (Å²) in [5.41, 5.74) is 0.262. The summed E-state index contributed by atoms with van der Waals surface area (Å²) in [5.74, 6) is -0.708.